The summed E-state index contributed by atoms with van der Waals surface area (Å²) in [5.41, 5.74) is 0.0565. The predicted octanol–water partition coefficient (Wildman–Crippen LogP) is 1.98. The normalized spacial score (nSPS) is 13.9. The van der Waals surface area contributed by atoms with Gasteiger partial charge in [0.15, 0.2) is 11.4 Å². The highest BCUT2D eigenvalue weighted by Gasteiger charge is 2.41. The molecular weight excluding hydrogens is 291 g/mol. The number of rotatable bonds is 1. The summed E-state index contributed by atoms with van der Waals surface area (Å²) in [4.78, 5) is 36.7. The first-order chi connectivity index (χ1) is 9.11. The molecule has 0 fully saturated rings. The molecule has 0 spiro atoms. The van der Waals surface area contributed by atoms with Gasteiger partial charge >= 0.3 is 0 Å². The van der Waals surface area contributed by atoms with Gasteiger partial charge in [0.2, 0.25) is 0 Å². The number of hydrogen-bond donors (Lipinski definition) is 0. The standard InChI is InChI=1S/C11H4Cl2N4O2/c12-5-3-14-4-6(13)9(5)17-10(18)7-8(11(17)19)16-2-1-15-7/h1-4H. The molecule has 3 rings (SSSR count). The van der Waals surface area contributed by atoms with Gasteiger partial charge in [0.25, 0.3) is 11.8 Å². The summed E-state index contributed by atoms with van der Waals surface area (Å²) in [6.45, 7) is 0. The van der Waals surface area contributed by atoms with Crippen LogP contribution in [0.15, 0.2) is 24.8 Å². The first-order valence-corrected chi connectivity index (χ1v) is 5.85. The van der Waals surface area contributed by atoms with Gasteiger partial charge in [-0.3, -0.25) is 14.6 Å². The van der Waals surface area contributed by atoms with E-state index in [0.717, 1.165) is 4.90 Å². The zero-order valence-corrected chi connectivity index (χ0v) is 10.7. The third-order valence-electron chi connectivity index (χ3n) is 2.56. The number of halogens is 2. The number of nitrogens with zero attached hydrogens (tertiary/aromatic N) is 4. The molecule has 0 radical (unpaired) electrons. The molecule has 8 heteroatoms. The fourth-order valence-electron chi connectivity index (χ4n) is 1.78. The number of hydrogen-bond acceptors (Lipinski definition) is 5. The van der Waals surface area contributed by atoms with Crippen LogP contribution in [0.2, 0.25) is 10.0 Å². The van der Waals surface area contributed by atoms with Crippen molar-refractivity contribution < 1.29 is 9.59 Å². The second-order valence-corrected chi connectivity index (χ2v) is 4.47. The molecule has 0 bridgehead atoms. The average Bonchev–Trinajstić information content (AvgIpc) is 2.64. The van der Waals surface area contributed by atoms with E-state index < -0.39 is 11.8 Å². The van der Waals surface area contributed by atoms with E-state index in [-0.39, 0.29) is 27.1 Å². The molecule has 19 heavy (non-hydrogen) atoms. The Balaban J connectivity index is 2.20. The van der Waals surface area contributed by atoms with Crippen LogP contribution in [0.3, 0.4) is 0 Å². The summed E-state index contributed by atoms with van der Waals surface area (Å²) in [6.07, 6.45) is 5.27. The second-order valence-electron chi connectivity index (χ2n) is 3.65. The van der Waals surface area contributed by atoms with Gasteiger partial charge in [-0.05, 0) is 0 Å². The Bertz CT molecular complexity index is 664. The molecule has 0 atom stereocenters. The van der Waals surface area contributed by atoms with Gasteiger partial charge in [-0.25, -0.2) is 14.9 Å². The van der Waals surface area contributed by atoms with Gasteiger partial charge in [-0.15, -0.1) is 0 Å². The third kappa shape index (κ3) is 1.68. The van der Waals surface area contributed by atoms with E-state index in [2.05, 4.69) is 15.0 Å². The molecule has 94 valence electrons. The van der Waals surface area contributed by atoms with Crippen LogP contribution in [0.25, 0.3) is 0 Å². The molecule has 0 aromatic carbocycles. The van der Waals surface area contributed by atoms with E-state index in [0.29, 0.717) is 0 Å². The number of anilines is 1. The minimum absolute atomic E-state index is 0.0172. The number of amides is 2. The third-order valence-corrected chi connectivity index (χ3v) is 3.11. The Kier molecular flexibility index (Phi) is 2.69. The van der Waals surface area contributed by atoms with Crippen molar-refractivity contribution in [2.45, 2.75) is 0 Å². The quantitative estimate of drug-likeness (QED) is 0.752. The smallest absolute Gasteiger partial charge is 0.266 e. The Morgan fingerprint density at radius 3 is 1.84 bits per heavy atom. The summed E-state index contributed by atoms with van der Waals surface area (Å²) in [5, 5.41) is 0.198. The van der Waals surface area contributed by atoms with Crippen molar-refractivity contribution in [1.29, 1.82) is 0 Å². The van der Waals surface area contributed by atoms with Gasteiger partial charge in [0, 0.05) is 24.8 Å². The molecular formula is C11H4Cl2N4O2. The van der Waals surface area contributed by atoms with Gasteiger partial charge in [0.05, 0.1) is 15.7 Å². The summed E-state index contributed by atoms with van der Waals surface area (Å²) < 4.78 is 0. The van der Waals surface area contributed by atoms with Crippen molar-refractivity contribution in [2.24, 2.45) is 0 Å². The maximum atomic E-state index is 12.2. The van der Waals surface area contributed by atoms with Crippen LogP contribution in [0.4, 0.5) is 5.69 Å². The lowest BCUT2D eigenvalue weighted by Gasteiger charge is -2.15. The van der Waals surface area contributed by atoms with Crippen LogP contribution in [0.1, 0.15) is 21.0 Å². The predicted molar refractivity (Wildman–Crippen MR) is 67.4 cm³/mol. The molecule has 0 saturated carbocycles. The zero-order chi connectivity index (χ0) is 13.6. The lowest BCUT2D eigenvalue weighted by Crippen LogP contribution is -2.30. The summed E-state index contributed by atoms with van der Waals surface area (Å²) in [6, 6.07) is 0. The van der Waals surface area contributed by atoms with Crippen molar-refractivity contribution >= 4 is 40.7 Å². The second kappa shape index (κ2) is 4.25. The molecule has 0 aliphatic carbocycles. The monoisotopic (exact) mass is 294 g/mol. The maximum Gasteiger partial charge on any atom is 0.286 e. The summed E-state index contributed by atoms with van der Waals surface area (Å²) in [5.74, 6) is -1.22. The number of imide groups is 1. The SMILES string of the molecule is O=C1c2nccnc2C(=O)N1c1c(Cl)cncc1Cl. The fourth-order valence-corrected chi connectivity index (χ4v) is 2.31. The van der Waals surface area contributed by atoms with Crippen LogP contribution in [-0.4, -0.2) is 26.8 Å². The molecule has 3 heterocycles. The average molecular weight is 295 g/mol. The van der Waals surface area contributed by atoms with Gasteiger partial charge in [0.1, 0.15) is 0 Å². The van der Waals surface area contributed by atoms with Crippen LogP contribution < -0.4 is 4.90 Å². The topological polar surface area (TPSA) is 76.1 Å². The highest BCUT2D eigenvalue weighted by atomic mass is 35.5. The van der Waals surface area contributed by atoms with Crippen LogP contribution in [0, 0.1) is 0 Å². The zero-order valence-electron chi connectivity index (χ0n) is 9.17. The Hall–Kier alpha value is -2.05. The van der Waals surface area contributed by atoms with Crippen molar-refractivity contribution in [1.82, 2.24) is 15.0 Å². The van der Waals surface area contributed by atoms with Gasteiger partial charge in [-0.2, -0.15) is 0 Å². The lowest BCUT2D eigenvalue weighted by atomic mass is 10.3. The lowest BCUT2D eigenvalue weighted by molar-refractivity contribution is 0.0923. The fraction of sp³-hybridized carbons (Fsp3) is 0. The molecule has 6 nitrogen and oxygen atoms in total. The number of pyridine rings is 1. The minimum atomic E-state index is -0.608. The van der Waals surface area contributed by atoms with Crippen LogP contribution in [0.5, 0.6) is 0 Å². The van der Waals surface area contributed by atoms with Crippen molar-refractivity contribution in [2.75, 3.05) is 4.90 Å². The molecule has 0 unspecified atom stereocenters. The Morgan fingerprint density at radius 2 is 1.37 bits per heavy atom. The molecule has 2 aromatic heterocycles. The molecule has 1 aliphatic heterocycles. The summed E-state index contributed by atoms with van der Waals surface area (Å²) in [7, 11) is 0. The van der Waals surface area contributed by atoms with Crippen molar-refractivity contribution in [3.8, 4) is 0 Å². The first-order valence-electron chi connectivity index (χ1n) is 5.10. The van der Waals surface area contributed by atoms with Crippen LogP contribution >= 0.6 is 23.2 Å². The Morgan fingerprint density at radius 1 is 0.895 bits per heavy atom. The van der Waals surface area contributed by atoms with E-state index in [1.54, 1.807) is 0 Å². The van der Waals surface area contributed by atoms with E-state index in [4.69, 9.17) is 23.2 Å². The van der Waals surface area contributed by atoms with E-state index in [1.165, 1.54) is 24.8 Å². The van der Waals surface area contributed by atoms with Gasteiger partial charge in [-0.1, -0.05) is 23.2 Å². The Labute approximate surface area is 117 Å². The largest absolute Gasteiger partial charge is 0.286 e. The van der Waals surface area contributed by atoms with E-state index in [9.17, 15) is 9.59 Å². The number of carbonyl (C=O) groups is 2. The number of fused-ring (bicyclic) bond motifs is 1. The minimum Gasteiger partial charge on any atom is -0.266 e. The van der Waals surface area contributed by atoms with E-state index >= 15 is 0 Å². The first kappa shape index (κ1) is 12.0. The van der Waals surface area contributed by atoms with E-state index in [1.807, 2.05) is 0 Å². The molecule has 0 N–H and O–H groups in total. The molecule has 2 amide bonds. The number of aromatic nitrogens is 3. The molecule has 2 aromatic rings. The maximum absolute atomic E-state index is 12.2. The highest BCUT2D eigenvalue weighted by molar-refractivity contribution is 6.44. The van der Waals surface area contributed by atoms with Crippen LogP contribution in [-0.2, 0) is 0 Å². The van der Waals surface area contributed by atoms with Gasteiger partial charge < -0.3 is 0 Å². The number of carbonyl (C=O) groups excluding carboxylic acids is 2. The van der Waals surface area contributed by atoms with Crippen molar-refractivity contribution in [3.63, 3.8) is 0 Å². The van der Waals surface area contributed by atoms with Crippen molar-refractivity contribution in [3.05, 3.63) is 46.2 Å². The molecule has 0 saturated heterocycles. The summed E-state index contributed by atoms with van der Waals surface area (Å²) >= 11 is 11.9. The molecule has 1 aliphatic rings. The highest BCUT2D eigenvalue weighted by Crippen LogP contribution is 2.36.